The second kappa shape index (κ2) is 4.78. The third kappa shape index (κ3) is 2.47. The van der Waals surface area contributed by atoms with Gasteiger partial charge in [-0.05, 0) is 25.7 Å². The van der Waals surface area contributed by atoms with Gasteiger partial charge in [0, 0.05) is 6.04 Å². The maximum absolute atomic E-state index is 11.8. The molecule has 0 spiro atoms. The largest absolute Gasteiger partial charge is 0.326 e. The molecule has 1 N–H and O–H groups in total. The summed E-state index contributed by atoms with van der Waals surface area (Å²) in [5.41, 5.74) is 0. The summed E-state index contributed by atoms with van der Waals surface area (Å²) in [7, 11) is 0. The van der Waals surface area contributed by atoms with Crippen molar-refractivity contribution < 1.29 is 4.79 Å². The van der Waals surface area contributed by atoms with Gasteiger partial charge < -0.3 is 4.90 Å². The molecule has 0 bridgehead atoms. The third-order valence-corrected chi connectivity index (χ3v) is 2.84. The summed E-state index contributed by atoms with van der Waals surface area (Å²) in [6, 6.07) is 0.427. The number of carbonyl (C=O) groups excluding carboxylic acids is 1. The molecule has 14 heavy (non-hydrogen) atoms. The molecule has 2 unspecified atom stereocenters. The Hall–Kier alpha value is -0.570. The van der Waals surface area contributed by atoms with Crippen molar-refractivity contribution in [1.29, 1.82) is 0 Å². The zero-order chi connectivity index (χ0) is 10.7. The molecule has 1 aliphatic rings. The number of nitrogens with zero attached hydrogens (tertiary/aromatic N) is 1. The maximum Gasteiger partial charge on any atom is 0.241 e. The Morgan fingerprint density at radius 1 is 1.50 bits per heavy atom. The van der Waals surface area contributed by atoms with E-state index in [-0.39, 0.29) is 11.9 Å². The molecule has 1 rings (SSSR count). The molecule has 1 aliphatic heterocycles. The van der Waals surface area contributed by atoms with E-state index in [0.717, 1.165) is 19.5 Å². The van der Waals surface area contributed by atoms with Gasteiger partial charge in [0.1, 0.15) is 0 Å². The third-order valence-electron chi connectivity index (χ3n) is 2.84. The van der Waals surface area contributed by atoms with Gasteiger partial charge in [0.15, 0.2) is 0 Å². The van der Waals surface area contributed by atoms with Crippen molar-refractivity contribution in [2.24, 2.45) is 5.92 Å². The molecular weight excluding hydrogens is 176 g/mol. The first-order chi connectivity index (χ1) is 6.56. The molecular formula is C11H22N2O. The monoisotopic (exact) mass is 198 g/mol. The van der Waals surface area contributed by atoms with E-state index >= 15 is 0 Å². The van der Waals surface area contributed by atoms with E-state index < -0.39 is 0 Å². The minimum absolute atomic E-state index is 0.0598. The molecule has 2 atom stereocenters. The van der Waals surface area contributed by atoms with Crippen molar-refractivity contribution in [3.8, 4) is 0 Å². The second-order valence-corrected chi connectivity index (χ2v) is 4.61. The Kier molecular flexibility index (Phi) is 3.93. The van der Waals surface area contributed by atoms with Crippen LogP contribution in [0.1, 0.15) is 40.5 Å². The molecule has 3 nitrogen and oxygen atoms in total. The van der Waals surface area contributed by atoms with E-state index in [4.69, 9.17) is 0 Å². The molecule has 0 aromatic heterocycles. The highest BCUT2D eigenvalue weighted by Crippen LogP contribution is 2.16. The SMILES string of the molecule is CCC1NCN(C(C)CC(C)C)C1=O. The Morgan fingerprint density at radius 3 is 2.57 bits per heavy atom. The quantitative estimate of drug-likeness (QED) is 0.744. The first-order valence-electron chi connectivity index (χ1n) is 5.60. The highest BCUT2D eigenvalue weighted by atomic mass is 16.2. The molecule has 0 aliphatic carbocycles. The summed E-state index contributed by atoms with van der Waals surface area (Å²) in [5.74, 6) is 0.930. The average molecular weight is 198 g/mol. The van der Waals surface area contributed by atoms with Gasteiger partial charge in [-0.2, -0.15) is 0 Å². The molecule has 0 aromatic carbocycles. The lowest BCUT2D eigenvalue weighted by atomic mass is 10.0. The molecule has 1 heterocycles. The first-order valence-corrected chi connectivity index (χ1v) is 5.60. The Labute approximate surface area is 86.9 Å². The molecule has 0 aromatic rings. The summed E-state index contributed by atoms with van der Waals surface area (Å²) >= 11 is 0. The van der Waals surface area contributed by atoms with Crippen LogP contribution in [0, 0.1) is 5.92 Å². The molecule has 1 fully saturated rings. The van der Waals surface area contributed by atoms with E-state index in [1.54, 1.807) is 0 Å². The number of hydrogen-bond donors (Lipinski definition) is 1. The van der Waals surface area contributed by atoms with Crippen LogP contribution in [0.15, 0.2) is 0 Å². The van der Waals surface area contributed by atoms with Gasteiger partial charge in [0.2, 0.25) is 5.91 Å². The van der Waals surface area contributed by atoms with Crippen LogP contribution in [0.5, 0.6) is 0 Å². The number of amides is 1. The van der Waals surface area contributed by atoms with Gasteiger partial charge in [-0.15, -0.1) is 0 Å². The number of nitrogens with one attached hydrogen (secondary N) is 1. The fraction of sp³-hybridized carbons (Fsp3) is 0.909. The average Bonchev–Trinajstić information content (AvgIpc) is 2.45. The number of hydrogen-bond acceptors (Lipinski definition) is 2. The van der Waals surface area contributed by atoms with Gasteiger partial charge in [-0.1, -0.05) is 20.8 Å². The van der Waals surface area contributed by atoms with Crippen molar-refractivity contribution in [2.45, 2.75) is 52.6 Å². The Balaban J connectivity index is 2.50. The molecule has 3 heteroatoms. The Morgan fingerprint density at radius 2 is 2.14 bits per heavy atom. The van der Waals surface area contributed by atoms with Crippen molar-refractivity contribution in [1.82, 2.24) is 10.2 Å². The van der Waals surface area contributed by atoms with Crippen LogP contribution in [0.2, 0.25) is 0 Å². The number of carbonyl (C=O) groups is 1. The predicted octanol–water partition coefficient (Wildman–Crippen LogP) is 1.59. The van der Waals surface area contributed by atoms with Gasteiger partial charge in [0.25, 0.3) is 0 Å². The number of rotatable bonds is 4. The smallest absolute Gasteiger partial charge is 0.241 e. The maximum atomic E-state index is 11.8. The standard InChI is InChI=1S/C11H22N2O/c1-5-10-11(14)13(7-12-10)9(4)6-8(2)3/h8-10,12H,5-7H2,1-4H3. The molecule has 0 radical (unpaired) electrons. The van der Waals surface area contributed by atoms with Gasteiger partial charge in [-0.25, -0.2) is 0 Å². The van der Waals surface area contributed by atoms with E-state index in [1.807, 2.05) is 11.8 Å². The molecule has 1 saturated heterocycles. The van der Waals surface area contributed by atoms with Gasteiger partial charge >= 0.3 is 0 Å². The van der Waals surface area contributed by atoms with E-state index in [0.29, 0.717) is 12.0 Å². The lowest BCUT2D eigenvalue weighted by molar-refractivity contribution is -0.130. The van der Waals surface area contributed by atoms with Crippen LogP contribution in [-0.4, -0.2) is 29.6 Å². The van der Waals surface area contributed by atoms with Crippen molar-refractivity contribution in [3.63, 3.8) is 0 Å². The van der Waals surface area contributed by atoms with Crippen molar-refractivity contribution in [3.05, 3.63) is 0 Å². The van der Waals surface area contributed by atoms with Crippen LogP contribution < -0.4 is 5.32 Å². The second-order valence-electron chi connectivity index (χ2n) is 4.61. The van der Waals surface area contributed by atoms with E-state index in [9.17, 15) is 4.79 Å². The highest BCUT2D eigenvalue weighted by molar-refractivity contribution is 5.83. The lowest BCUT2D eigenvalue weighted by Crippen LogP contribution is -2.37. The minimum atomic E-state index is 0.0598. The van der Waals surface area contributed by atoms with Gasteiger partial charge in [-0.3, -0.25) is 10.1 Å². The zero-order valence-electron chi connectivity index (χ0n) is 9.71. The predicted molar refractivity (Wildman–Crippen MR) is 57.8 cm³/mol. The van der Waals surface area contributed by atoms with Crippen LogP contribution in [0.25, 0.3) is 0 Å². The topological polar surface area (TPSA) is 32.3 Å². The molecule has 82 valence electrons. The van der Waals surface area contributed by atoms with Crippen LogP contribution in [-0.2, 0) is 4.79 Å². The van der Waals surface area contributed by atoms with E-state index in [2.05, 4.69) is 26.1 Å². The Bertz CT molecular complexity index is 203. The summed E-state index contributed by atoms with van der Waals surface area (Å²) < 4.78 is 0. The van der Waals surface area contributed by atoms with Crippen LogP contribution in [0.3, 0.4) is 0 Å². The summed E-state index contributed by atoms with van der Waals surface area (Å²) in [6.45, 7) is 9.30. The van der Waals surface area contributed by atoms with Gasteiger partial charge in [0.05, 0.1) is 12.7 Å². The van der Waals surface area contributed by atoms with Crippen molar-refractivity contribution in [2.75, 3.05) is 6.67 Å². The highest BCUT2D eigenvalue weighted by Gasteiger charge is 2.32. The lowest BCUT2D eigenvalue weighted by Gasteiger charge is -2.25. The molecule has 1 amide bonds. The summed E-state index contributed by atoms with van der Waals surface area (Å²) in [4.78, 5) is 13.8. The van der Waals surface area contributed by atoms with Crippen LogP contribution in [0.4, 0.5) is 0 Å². The minimum Gasteiger partial charge on any atom is -0.326 e. The summed E-state index contributed by atoms with van der Waals surface area (Å²) in [5, 5.41) is 3.24. The first kappa shape index (κ1) is 11.5. The summed E-state index contributed by atoms with van der Waals surface area (Å²) in [6.07, 6.45) is 1.98. The fourth-order valence-electron chi connectivity index (χ4n) is 2.08. The normalized spacial score (nSPS) is 24.8. The van der Waals surface area contributed by atoms with Crippen molar-refractivity contribution >= 4 is 5.91 Å². The fourth-order valence-corrected chi connectivity index (χ4v) is 2.08. The van der Waals surface area contributed by atoms with Crippen LogP contribution >= 0.6 is 0 Å². The van der Waals surface area contributed by atoms with E-state index in [1.165, 1.54) is 0 Å². The molecule has 0 saturated carbocycles. The zero-order valence-corrected chi connectivity index (χ0v) is 9.71.